The first-order valence-corrected chi connectivity index (χ1v) is 15.6. The van der Waals surface area contributed by atoms with Crippen LogP contribution in [0.25, 0.3) is 11.1 Å². The molecule has 1 aliphatic rings. The molecular weight excluding hydrogens is 555 g/mol. The van der Waals surface area contributed by atoms with E-state index >= 15 is 4.39 Å². The fourth-order valence-electron chi connectivity index (χ4n) is 4.60. The number of nitrogens with zero attached hydrogens (tertiary/aromatic N) is 1. The van der Waals surface area contributed by atoms with Gasteiger partial charge in [-0.25, -0.2) is 21.2 Å². The molecule has 0 bridgehead atoms. The van der Waals surface area contributed by atoms with Gasteiger partial charge in [-0.05, 0) is 45.0 Å². The summed E-state index contributed by atoms with van der Waals surface area (Å²) in [5, 5.41) is 3.77. The van der Waals surface area contributed by atoms with Crippen molar-refractivity contribution < 1.29 is 30.8 Å². The summed E-state index contributed by atoms with van der Waals surface area (Å²) >= 11 is 6.40. The fraction of sp³-hybridized carbons (Fsp3) is 0.423. The first kappa shape index (κ1) is 30.1. The molecule has 8 nitrogen and oxygen atoms in total. The molecule has 2 aromatic carbocycles. The number of methoxy groups -OCH3 is 1. The fourth-order valence-corrected chi connectivity index (χ4v) is 7.33. The maximum atomic E-state index is 15.9. The van der Waals surface area contributed by atoms with Crippen LogP contribution >= 0.6 is 11.6 Å². The van der Waals surface area contributed by atoms with Crippen molar-refractivity contribution in [2.45, 2.75) is 55.8 Å². The highest BCUT2D eigenvalue weighted by atomic mass is 35.5. The van der Waals surface area contributed by atoms with Crippen LogP contribution in [0.3, 0.4) is 0 Å². The molecule has 1 N–H and O–H groups in total. The summed E-state index contributed by atoms with van der Waals surface area (Å²) in [6, 6.07) is 10.6. The van der Waals surface area contributed by atoms with Crippen molar-refractivity contribution in [1.29, 1.82) is 0 Å². The summed E-state index contributed by atoms with van der Waals surface area (Å²) in [6.45, 7) is 4.41. The summed E-state index contributed by atoms with van der Waals surface area (Å²) in [6.07, 6.45) is 1.49. The molecule has 2 aromatic rings. The number of alkyl halides is 1. The molecule has 38 heavy (non-hydrogen) atoms. The Morgan fingerprint density at radius 2 is 1.82 bits per heavy atom. The van der Waals surface area contributed by atoms with E-state index in [0.717, 1.165) is 11.7 Å². The molecule has 0 aliphatic carbocycles. The molecule has 12 heteroatoms. The molecule has 3 rings (SSSR count). The van der Waals surface area contributed by atoms with Crippen LogP contribution in [0.5, 0.6) is 5.75 Å². The van der Waals surface area contributed by atoms with Crippen LogP contribution in [0.15, 0.2) is 58.8 Å². The molecule has 0 radical (unpaired) electrons. The topological polar surface area (TPSA) is 110 Å². The average Bonchev–Trinajstić information content (AvgIpc) is 2.81. The van der Waals surface area contributed by atoms with Crippen LogP contribution in [0.4, 0.5) is 4.39 Å². The van der Waals surface area contributed by atoms with Crippen LogP contribution in [-0.4, -0.2) is 64.2 Å². The molecule has 2 atom stereocenters. The third kappa shape index (κ3) is 6.56. The Morgan fingerprint density at radius 1 is 1.16 bits per heavy atom. The quantitative estimate of drug-likeness (QED) is 0.492. The molecule has 1 fully saturated rings. The average molecular weight is 587 g/mol. The van der Waals surface area contributed by atoms with Crippen LogP contribution in [0, 0.1) is 0 Å². The lowest BCUT2D eigenvalue weighted by Gasteiger charge is -2.46. The van der Waals surface area contributed by atoms with E-state index in [1.165, 1.54) is 36.5 Å². The zero-order chi connectivity index (χ0) is 28.5. The van der Waals surface area contributed by atoms with Crippen molar-refractivity contribution in [1.82, 2.24) is 9.62 Å². The first-order valence-electron chi connectivity index (χ1n) is 11.8. The molecule has 0 saturated carbocycles. The van der Waals surface area contributed by atoms with Gasteiger partial charge < -0.3 is 10.1 Å². The Labute approximate surface area is 228 Å². The van der Waals surface area contributed by atoms with Gasteiger partial charge in [0.05, 0.1) is 12.0 Å². The van der Waals surface area contributed by atoms with Crippen LogP contribution in [0.1, 0.15) is 33.6 Å². The van der Waals surface area contributed by atoms with Gasteiger partial charge in [-0.3, -0.25) is 4.79 Å². The maximum absolute atomic E-state index is 15.9. The van der Waals surface area contributed by atoms with Gasteiger partial charge in [-0.1, -0.05) is 35.9 Å². The van der Waals surface area contributed by atoms with Gasteiger partial charge >= 0.3 is 0 Å². The summed E-state index contributed by atoms with van der Waals surface area (Å²) in [7, 11) is -6.11. The largest absolute Gasteiger partial charge is 0.497 e. The van der Waals surface area contributed by atoms with Crippen molar-refractivity contribution in [3.8, 4) is 16.9 Å². The van der Waals surface area contributed by atoms with Gasteiger partial charge in [0, 0.05) is 58.8 Å². The van der Waals surface area contributed by atoms with E-state index in [1.807, 2.05) is 0 Å². The van der Waals surface area contributed by atoms with E-state index in [2.05, 4.69) is 5.32 Å². The number of benzene rings is 2. The summed E-state index contributed by atoms with van der Waals surface area (Å²) in [5.41, 5.74) is -2.79. The van der Waals surface area contributed by atoms with E-state index in [9.17, 15) is 21.6 Å². The SMILES string of the molecule is COc1ccc(S(=O)(=O)N2CC[C@](F)(C(=O)N[C@H](C)/C=C\S(C)(=O)=O)CC2(C)C)c(-c2ccccc2Cl)c1. The molecule has 0 aromatic heterocycles. The molecule has 1 aliphatic heterocycles. The van der Waals surface area contributed by atoms with Crippen molar-refractivity contribution in [2.75, 3.05) is 19.9 Å². The Morgan fingerprint density at radius 3 is 2.39 bits per heavy atom. The summed E-state index contributed by atoms with van der Waals surface area (Å²) in [5.74, 6) is -0.482. The Kier molecular flexibility index (Phi) is 8.67. The van der Waals surface area contributed by atoms with Crippen LogP contribution in [0.2, 0.25) is 5.02 Å². The number of carbonyl (C=O) groups is 1. The van der Waals surface area contributed by atoms with E-state index in [1.54, 1.807) is 44.2 Å². The van der Waals surface area contributed by atoms with E-state index in [-0.39, 0.29) is 17.9 Å². The van der Waals surface area contributed by atoms with Crippen molar-refractivity contribution in [2.24, 2.45) is 0 Å². The second-order valence-electron chi connectivity index (χ2n) is 10.0. The van der Waals surface area contributed by atoms with Crippen molar-refractivity contribution >= 4 is 37.4 Å². The predicted octanol–water partition coefficient (Wildman–Crippen LogP) is 4.35. The number of sulfone groups is 1. The number of sulfonamides is 1. The zero-order valence-electron chi connectivity index (χ0n) is 21.9. The lowest BCUT2D eigenvalue weighted by Crippen LogP contribution is -2.61. The maximum Gasteiger partial charge on any atom is 0.258 e. The number of carbonyl (C=O) groups excluding carboxylic acids is 1. The highest BCUT2D eigenvalue weighted by molar-refractivity contribution is 7.93. The zero-order valence-corrected chi connectivity index (χ0v) is 24.3. The Balaban J connectivity index is 1.93. The molecule has 1 heterocycles. The minimum Gasteiger partial charge on any atom is -0.497 e. The van der Waals surface area contributed by atoms with Crippen LogP contribution in [-0.2, 0) is 24.7 Å². The van der Waals surface area contributed by atoms with E-state index in [4.69, 9.17) is 16.3 Å². The number of hydrogen-bond acceptors (Lipinski definition) is 6. The predicted molar refractivity (Wildman–Crippen MR) is 146 cm³/mol. The summed E-state index contributed by atoms with van der Waals surface area (Å²) < 4.78 is 73.1. The van der Waals surface area contributed by atoms with Gasteiger partial charge in [0.25, 0.3) is 5.91 Å². The Hall–Kier alpha value is -2.47. The number of hydrogen-bond donors (Lipinski definition) is 1. The van der Waals surface area contributed by atoms with Gasteiger partial charge in [-0.15, -0.1) is 0 Å². The second kappa shape index (κ2) is 11.0. The minimum atomic E-state index is -4.17. The number of rotatable bonds is 8. The molecule has 0 spiro atoms. The molecule has 0 unspecified atom stereocenters. The van der Waals surface area contributed by atoms with Gasteiger partial charge in [-0.2, -0.15) is 4.31 Å². The number of nitrogens with one attached hydrogen (secondary N) is 1. The van der Waals surface area contributed by atoms with E-state index < -0.39 is 49.4 Å². The summed E-state index contributed by atoms with van der Waals surface area (Å²) in [4.78, 5) is 12.8. The third-order valence-corrected chi connectivity index (χ3v) is 9.55. The highest BCUT2D eigenvalue weighted by Crippen LogP contribution is 2.43. The monoisotopic (exact) mass is 586 g/mol. The van der Waals surface area contributed by atoms with Gasteiger partial charge in [0.15, 0.2) is 15.5 Å². The minimum absolute atomic E-state index is 0.0187. The number of halogens is 2. The molecule has 1 saturated heterocycles. The van der Waals surface area contributed by atoms with Gasteiger partial charge in [0.1, 0.15) is 5.75 Å². The number of amides is 1. The lowest BCUT2D eigenvalue weighted by atomic mass is 9.81. The number of ether oxygens (including phenoxy) is 1. The smallest absolute Gasteiger partial charge is 0.258 e. The second-order valence-corrected chi connectivity index (χ2v) is 14.2. The van der Waals surface area contributed by atoms with Crippen LogP contribution < -0.4 is 10.1 Å². The molecule has 1 amide bonds. The molecule has 208 valence electrons. The normalized spacial score (nSPS) is 21.2. The lowest BCUT2D eigenvalue weighted by molar-refractivity contribution is -0.138. The molecular formula is C26H32ClFN2O6S2. The highest BCUT2D eigenvalue weighted by Gasteiger charge is 2.53. The van der Waals surface area contributed by atoms with Gasteiger partial charge in [0.2, 0.25) is 10.0 Å². The standard InChI is InChI=1S/C26H32ClFN2O6S2/c1-18(12-15-37(5,32)33)29-24(31)26(28)13-14-30(25(2,3)17-26)38(34,35)23-11-10-19(36-4)16-21(23)20-8-6-7-9-22(20)27/h6-12,15-16,18H,13-14,17H2,1-5H3,(H,29,31)/b15-12-/t18-,26-/m1/s1. The number of piperidine rings is 1. The van der Waals surface area contributed by atoms with Crippen molar-refractivity contribution in [3.63, 3.8) is 0 Å². The first-order chi connectivity index (χ1) is 17.5. The van der Waals surface area contributed by atoms with Crippen molar-refractivity contribution in [3.05, 3.63) is 59.0 Å². The third-order valence-electron chi connectivity index (χ3n) is 6.40. The van der Waals surface area contributed by atoms with E-state index in [0.29, 0.717) is 21.9 Å². The Bertz CT molecular complexity index is 1460.